The molecule has 1 unspecified atom stereocenters. The molecule has 1 aromatic rings. The topological polar surface area (TPSA) is 73.3 Å². The summed E-state index contributed by atoms with van der Waals surface area (Å²) in [5, 5.41) is 3.43. The van der Waals surface area contributed by atoms with E-state index in [1.165, 1.54) is 18.2 Å². The van der Waals surface area contributed by atoms with E-state index in [4.69, 9.17) is 16.2 Å². The maximum absolute atomic E-state index is 13.9. The van der Waals surface area contributed by atoms with E-state index >= 15 is 0 Å². The smallest absolute Gasteiger partial charge is 0.135 e. The summed E-state index contributed by atoms with van der Waals surface area (Å²) in [4.78, 5) is 0. The van der Waals surface area contributed by atoms with Gasteiger partial charge >= 0.3 is 0 Å². The van der Waals surface area contributed by atoms with Gasteiger partial charge in [0.1, 0.15) is 11.6 Å². The number of hydrogen-bond donors (Lipinski definition) is 3. The molecule has 130 valence electrons. The quantitative estimate of drug-likeness (QED) is 0.772. The minimum absolute atomic E-state index is 0.0737. The van der Waals surface area contributed by atoms with Crippen molar-refractivity contribution in [2.24, 2.45) is 17.4 Å². The van der Waals surface area contributed by atoms with Crippen LogP contribution in [-0.4, -0.2) is 25.8 Å². The predicted molar refractivity (Wildman–Crippen MR) is 89.7 cm³/mol. The number of nitrogens with two attached hydrogens (primary N) is 2. The highest BCUT2D eigenvalue weighted by molar-refractivity contribution is 5.66. The van der Waals surface area contributed by atoms with Crippen LogP contribution >= 0.6 is 0 Å². The van der Waals surface area contributed by atoms with Crippen LogP contribution in [0, 0.1) is 17.6 Å². The summed E-state index contributed by atoms with van der Waals surface area (Å²) in [6, 6.07) is 4.12. The van der Waals surface area contributed by atoms with Crippen molar-refractivity contribution < 1.29 is 13.5 Å². The summed E-state index contributed by atoms with van der Waals surface area (Å²) < 4.78 is 32.9. The van der Waals surface area contributed by atoms with Gasteiger partial charge in [-0.1, -0.05) is 6.07 Å². The zero-order chi connectivity index (χ0) is 17.1. The van der Waals surface area contributed by atoms with Gasteiger partial charge in [0, 0.05) is 23.9 Å². The molecule has 3 rings (SSSR count). The number of halogens is 2. The summed E-state index contributed by atoms with van der Waals surface area (Å²) in [6.45, 7) is 2.26. The second kappa shape index (κ2) is 7.32. The fourth-order valence-electron chi connectivity index (χ4n) is 3.16. The molecular weight excluding hydrogens is 312 g/mol. The molecule has 0 aromatic heterocycles. The third-order valence-corrected chi connectivity index (χ3v) is 4.68. The molecule has 0 spiro atoms. The van der Waals surface area contributed by atoms with Crippen LogP contribution in [0.2, 0.25) is 0 Å². The first-order chi connectivity index (χ1) is 11.6. The van der Waals surface area contributed by atoms with Gasteiger partial charge in [0.05, 0.1) is 24.8 Å². The van der Waals surface area contributed by atoms with Crippen molar-refractivity contribution in [1.29, 1.82) is 0 Å². The number of rotatable bonds is 5. The Labute approximate surface area is 140 Å². The zero-order valence-electron chi connectivity index (χ0n) is 13.5. The van der Waals surface area contributed by atoms with E-state index in [1.807, 2.05) is 0 Å². The van der Waals surface area contributed by atoms with Gasteiger partial charge in [0.2, 0.25) is 0 Å². The number of nitrogens with one attached hydrogen (secondary N) is 1. The highest BCUT2D eigenvalue weighted by atomic mass is 19.1. The fraction of sp³-hybridized carbons (Fsp3) is 0.444. The molecule has 0 bridgehead atoms. The van der Waals surface area contributed by atoms with Gasteiger partial charge in [0.15, 0.2) is 0 Å². The Hall–Kier alpha value is -1.92. The van der Waals surface area contributed by atoms with E-state index in [9.17, 15) is 8.78 Å². The van der Waals surface area contributed by atoms with Crippen molar-refractivity contribution in [2.75, 3.05) is 19.8 Å². The lowest BCUT2D eigenvalue weighted by molar-refractivity contribution is -0.00619. The maximum Gasteiger partial charge on any atom is 0.135 e. The molecule has 0 radical (unpaired) electrons. The Bertz CT molecular complexity index is 648. The first-order valence-electron chi connectivity index (χ1n) is 8.27. The third-order valence-electron chi connectivity index (χ3n) is 4.68. The zero-order valence-corrected chi connectivity index (χ0v) is 13.5. The summed E-state index contributed by atoms with van der Waals surface area (Å²) in [5.41, 5.74) is 13.8. The van der Waals surface area contributed by atoms with Crippen molar-refractivity contribution >= 4 is 5.70 Å². The summed E-state index contributed by atoms with van der Waals surface area (Å²) in [6.07, 6.45) is 4.37. The SMILES string of the molecule is NC1=C(/C=C(\N)c2c(F)cccc2F)CCCC1CNC1COC1. The number of ether oxygens (including phenoxy) is 1. The highest BCUT2D eigenvalue weighted by Gasteiger charge is 2.24. The van der Waals surface area contributed by atoms with Crippen molar-refractivity contribution in [1.82, 2.24) is 5.32 Å². The van der Waals surface area contributed by atoms with Crippen LogP contribution in [0.15, 0.2) is 35.5 Å². The monoisotopic (exact) mass is 335 g/mol. The second-order valence-corrected chi connectivity index (χ2v) is 6.41. The Kier molecular flexibility index (Phi) is 5.16. The first kappa shape index (κ1) is 16.9. The molecular formula is C18H23F2N3O. The molecule has 4 nitrogen and oxygen atoms in total. The first-order valence-corrected chi connectivity index (χ1v) is 8.27. The molecule has 1 aliphatic heterocycles. The molecule has 1 fully saturated rings. The maximum atomic E-state index is 13.9. The van der Waals surface area contributed by atoms with Crippen LogP contribution in [-0.2, 0) is 4.74 Å². The minimum atomic E-state index is -0.665. The number of benzene rings is 1. The summed E-state index contributed by atoms with van der Waals surface area (Å²) >= 11 is 0. The van der Waals surface area contributed by atoms with Crippen LogP contribution in [0.25, 0.3) is 5.70 Å². The highest BCUT2D eigenvalue weighted by Crippen LogP contribution is 2.30. The van der Waals surface area contributed by atoms with Crippen LogP contribution in [0.1, 0.15) is 24.8 Å². The summed E-state index contributed by atoms with van der Waals surface area (Å²) in [5.74, 6) is -1.12. The van der Waals surface area contributed by atoms with E-state index in [0.29, 0.717) is 6.04 Å². The second-order valence-electron chi connectivity index (χ2n) is 6.41. The van der Waals surface area contributed by atoms with Gasteiger partial charge in [0.25, 0.3) is 0 Å². The van der Waals surface area contributed by atoms with Crippen LogP contribution in [0.4, 0.5) is 8.78 Å². The van der Waals surface area contributed by atoms with Crippen molar-refractivity contribution in [3.63, 3.8) is 0 Å². The van der Waals surface area contributed by atoms with E-state index in [0.717, 1.165) is 50.3 Å². The van der Waals surface area contributed by atoms with Crippen molar-refractivity contribution in [3.8, 4) is 0 Å². The van der Waals surface area contributed by atoms with E-state index in [-0.39, 0.29) is 17.2 Å². The molecule has 0 saturated carbocycles. The number of hydrogen-bond acceptors (Lipinski definition) is 4. The van der Waals surface area contributed by atoms with Gasteiger partial charge in [-0.05, 0) is 43.0 Å². The standard InChI is InChI=1S/C18H23F2N3O/c19-14-5-2-6-15(20)17(14)16(21)7-11-3-1-4-12(18(11)22)8-23-13-9-24-10-13/h2,5-7,12-13,23H,1,3-4,8-10,21-22H2/b16-7-. The Morgan fingerprint density at radius 3 is 2.62 bits per heavy atom. The molecule has 24 heavy (non-hydrogen) atoms. The van der Waals surface area contributed by atoms with E-state index < -0.39 is 11.6 Å². The van der Waals surface area contributed by atoms with Gasteiger partial charge in [-0.15, -0.1) is 0 Å². The van der Waals surface area contributed by atoms with E-state index in [1.54, 1.807) is 6.08 Å². The molecule has 1 aromatic carbocycles. The fourth-order valence-corrected chi connectivity index (χ4v) is 3.16. The minimum Gasteiger partial charge on any atom is -0.402 e. The van der Waals surface area contributed by atoms with Crippen molar-refractivity contribution in [2.45, 2.75) is 25.3 Å². The van der Waals surface area contributed by atoms with Crippen LogP contribution in [0.3, 0.4) is 0 Å². The number of allylic oxidation sites excluding steroid dienone is 2. The Morgan fingerprint density at radius 2 is 2.00 bits per heavy atom. The molecule has 1 atom stereocenters. The van der Waals surface area contributed by atoms with Crippen LogP contribution < -0.4 is 16.8 Å². The Balaban J connectivity index is 1.78. The van der Waals surface area contributed by atoms with Gasteiger partial charge < -0.3 is 21.5 Å². The molecule has 2 aliphatic rings. The van der Waals surface area contributed by atoms with Crippen LogP contribution in [0.5, 0.6) is 0 Å². The lowest BCUT2D eigenvalue weighted by atomic mass is 9.86. The molecule has 0 amide bonds. The van der Waals surface area contributed by atoms with Crippen molar-refractivity contribution in [3.05, 3.63) is 52.7 Å². The summed E-state index contributed by atoms with van der Waals surface area (Å²) in [7, 11) is 0. The lowest BCUT2D eigenvalue weighted by Crippen LogP contribution is -2.48. The average molecular weight is 335 g/mol. The van der Waals surface area contributed by atoms with Gasteiger partial charge in [-0.25, -0.2) is 8.78 Å². The molecule has 1 heterocycles. The molecule has 6 heteroatoms. The van der Waals surface area contributed by atoms with Gasteiger partial charge in [-0.3, -0.25) is 0 Å². The lowest BCUT2D eigenvalue weighted by Gasteiger charge is -2.31. The Morgan fingerprint density at radius 1 is 1.29 bits per heavy atom. The average Bonchev–Trinajstić information content (AvgIpc) is 2.49. The predicted octanol–water partition coefficient (Wildman–Crippen LogP) is 2.27. The molecule has 1 aliphatic carbocycles. The molecule has 1 saturated heterocycles. The normalized spacial score (nSPS) is 22.6. The third kappa shape index (κ3) is 3.60. The molecule has 5 N–H and O–H groups in total. The largest absolute Gasteiger partial charge is 0.402 e. The van der Waals surface area contributed by atoms with Gasteiger partial charge in [-0.2, -0.15) is 0 Å². The van der Waals surface area contributed by atoms with E-state index in [2.05, 4.69) is 5.32 Å².